The van der Waals surface area contributed by atoms with E-state index in [0.29, 0.717) is 15.6 Å². The zero-order valence-electron chi connectivity index (χ0n) is 21.4. The molecule has 0 aromatic carbocycles. The Morgan fingerprint density at radius 2 is 2.03 bits per heavy atom. The van der Waals surface area contributed by atoms with E-state index in [2.05, 4.69) is 21.4 Å². The largest absolute Gasteiger partial charge is 0.471 e. The lowest BCUT2D eigenvalue weighted by atomic mass is 9.98. The quantitative estimate of drug-likeness (QED) is 0.492. The van der Waals surface area contributed by atoms with Crippen molar-refractivity contribution in [2.45, 2.75) is 51.2 Å². The van der Waals surface area contributed by atoms with Crippen LogP contribution in [0.4, 0.5) is 13.2 Å². The molecule has 206 valence electrons. The zero-order valence-corrected chi connectivity index (χ0v) is 22.2. The maximum Gasteiger partial charge on any atom is 0.471 e. The molecule has 6 atom stereocenters. The van der Waals surface area contributed by atoms with Crippen molar-refractivity contribution in [3.8, 4) is 18.4 Å². The van der Waals surface area contributed by atoms with Gasteiger partial charge in [0.15, 0.2) is 6.04 Å². The average molecular weight is 563 g/mol. The van der Waals surface area contributed by atoms with E-state index in [1.807, 2.05) is 19.9 Å². The summed E-state index contributed by atoms with van der Waals surface area (Å²) in [4.78, 5) is 40.0. The fourth-order valence-electron chi connectivity index (χ4n) is 5.35. The summed E-state index contributed by atoms with van der Waals surface area (Å²) in [6, 6.07) is -2.09. The molecule has 0 radical (unpaired) electrons. The standard InChI is InChI=1S/C25H25F3N6O4S/c1-6-12-10-39-15-8-30-33-19(16(12)15)14(7-29)31-21(35)20-17-13(24(17,3)4)9-34(20)22(36)18(11(2)38-5)32-23(37)25(26,27)28/h1,8,10-11,13-14,17-18,20H,9H2,2-5H3,(H,31,35)(H,32,37)/t11-,13+,14?,17+,18+,20+/m1/s1. The molecule has 2 aromatic rings. The molecule has 2 aliphatic rings. The normalized spacial score (nSPS) is 23.6. The molecule has 3 amide bonds. The second-order valence-corrected chi connectivity index (χ2v) is 11.0. The molecule has 2 N–H and O–H groups in total. The van der Waals surface area contributed by atoms with Gasteiger partial charge in [-0.1, -0.05) is 19.8 Å². The fraction of sp³-hybridized carbons (Fsp3) is 0.520. The van der Waals surface area contributed by atoms with Crippen LogP contribution in [0.25, 0.3) is 10.1 Å². The van der Waals surface area contributed by atoms with Gasteiger partial charge < -0.3 is 20.3 Å². The molecule has 14 heteroatoms. The number of terminal acetylenes is 1. The van der Waals surface area contributed by atoms with E-state index >= 15 is 0 Å². The van der Waals surface area contributed by atoms with E-state index in [0.717, 1.165) is 4.90 Å². The highest BCUT2D eigenvalue weighted by molar-refractivity contribution is 7.17. The number of carbonyl (C=O) groups is 3. The van der Waals surface area contributed by atoms with Crippen molar-refractivity contribution >= 4 is 39.1 Å². The van der Waals surface area contributed by atoms with Crippen LogP contribution in [0, 0.1) is 40.9 Å². The van der Waals surface area contributed by atoms with Gasteiger partial charge in [0.2, 0.25) is 11.8 Å². The highest BCUT2D eigenvalue weighted by Gasteiger charge is 2.69. The highest BCUT2D eigenvalue weighted by Crippen LogP contribution is 2.65. The third-order valence-corrected chi connectivity index (χ3v) is 8.59. The maximum atomic E-state index is 13.7. The van der Waals surface area contributed by atoms with Crippen LogP contribution in [-0.4, -0.2) is 70.8 Å². The van der Waals surface area contributed by atoms with Crippen LogP contribution in [0.5, 0.6) is 0 Å². The molecule has 39 heavy (non-hydrogen) atoms. The predicted molar refractivity (Wildman–Crippen MR) is 133 cm³/mol. The molecule has 2 fully saturated rings. The first kappa shape index (κ1) is 28.3. The average Bonchev–Trinajstić information content (AvgIpc) is 3.26. The van der Waals surface area contributed by atoms with Gasteiger partial charge in [0, 0.05) is 30.0 Å². The minimum atomic E-state index is -5.22. The Bertz CT molecular complexity index is 1410. The molecular formula is C25H25F3N6O4S. The maximum absolute atomic E-state index is 13.7. The number of piperidine rings is 1. The van der Waals surface area contributed by atoms with Crippen molar-refractivity contribution < 1.29 is 32.3 Å². The van der Waals surface area contributed by atoms with Crippen LogP contribution >= 0.6 is 11.3 Å². The molecule has 2 aromatic heterocycles. The number of nitrogens with zero attached hydrogens (tertiary/aromatic N) is 4. The van der Waals surface area contributed by atoms with Crippen molar-refractivity contribution in [3.63, 3.8) is 0 Å². The number of rotatable bonds is 7. The molecule has 0 spiro atoms. The molecule has 1 aliphatic carbocycles. The second-order valence-electron chi connectivity index (χ2n) is 10.1. The molecule has 1 aliphatic heterocycles. The number of ether oxygens (including phenoxy) is 1. The SMILES string of the molecule is C#Cc1csc2cnnc(C(C#N)NC(=O)[C@@H]3[C@@H]4[C@H](CN3C(=O)[C@@H](NC(=O)C(F)(F)F)[C@@H](C)OC)C4(C)C)c12. The van der Waals surface area contributed by atoms with Gasteiger partial charge in [0.1, 0.15) is 17.8 Å². The Morgan fingerprint density at radius 3 is 2.62 bits per heavy atom. The van der Waals surface area contributed by atoms with Gasteiger partial charge >= 0.3 is 12.1 Å². The van der Waals surface area contributed by atoms with Gasteiger partial charge in [-0.3, -0.25) is 14.4 Å². The van der Waals surface area contributed by atoms with Gasteiger partial charge in [-0.15, -0.1) is 17.8 Å². The molecule has 1 unspecified atom stereocenters. The summed E-state index contributed by atoms with van der Waals surface area (Å²) in [6.07, 6.45) is 0.723. The third kappa shape index (κ3) is 4.90. The number of carbonyl (C=O) groups excluding carboxylic acids is 3. The number of thiophene rings is 1. The van der Waals surface area contributed by atoms with E-state index in [1.165, 1.54) is 31.6 Å². The summed E-state index contributed by atoms with van der Waals surface area (Å²) in [7, 11) is 1.19. The number of amides is 3. The summed E-state index contributed by atoms with van der Waals surface area (Å²) in [5, 5.41) is 24.4. The molecular weight excluding hydrogens is 537 g/mol. The highest BCUT2D eigenvalue weighted by atomic mass is 32.1. The smallest absolute Gasteiger partial charge is 0.379 e. The summed E-state index contributed by atoms with van der Waals surface area (Å²) >= 11 is 1.30. The van der Waals surface area contributed by atoms with Gasteiger partial charge in [0.05, 0.1) is 23.1 Å². The number of fused-ring (bicyclic) bond motifs is 2. The first-order valence-corrected chi connectivity index (χ1v) is 12.8. The third-order valence-electron chi connectivity index (χ3n) is 7.67. The molecule has 3 heterocycles. The van der Waals surface area contributed by atoms with E-state index in [9.17, 15) is 32.8 Å². The number of hydrogen-bond acceptors (Lipinski definition) is 8. The molecule has 0 bridgehead atoms. The van der Waals surface area contributed by atoms with E-state index in [-0.39, 0.29) is 29.5 Å². The van der Waals surface area contributed by atoms with Crippen molar-refractivity contribution in [2.24, 2.45) is 17.3 Å². The summed E-state index contributed by atoms with van der Waals surface area (Å²) in [5.74, 6) is -1.79. The molecule has 1 saturated carbocycles. The van der Waals surface area contributed by atoms with Crippen LogP contribution in [0.3, 0.4) is 0 Å². The van der Waals surface area contributed by atoms with Crippen LogP contribution in [-0.2, 0) is 19.1 Å². The Morgan fingerprint density at radius 1 is 1.33 bits per heavy atom. The van der Waals surface area contributed by atoms with E-state index in [4.69, 9.17) is 11.2 Å². The van der Waals surface area contributed by atoms with Crippen LogP contribution in [0.1, 0.15) is 38.1 Å². The van der Waals surface area contributed by atoms with Crippen molar-refractivity contribution in [3.05, 3.63) is 22.8 Å². The zero-order chi connectivity index (χ0) is 28.9. The number of nitriles is 1. The first-order valence-electron chi connectivity index (χ1n) is 11.9. The van der Waals surface area contributed by atoms with Crippen molar-refractivity contribution in [1.82, 2.24) is 25.7 Å². The summed E-state index contributed by atoms with van der Waals surface area (Å²) in [6.45, 7) is 5.26. The Hall–Kier alpha value is -3.75. The topological polar surface area (TPSA) is 137 Å². The Kier molecular flexibility index (Phi) is 7.31. The van der Waals surface area contributed by atoms with E-state index in [1.54, 1.807) is 10.7 Å². The number of nitrogens with one attached hydrogen (secondary N) is 2. The predicted octanol–water partition coefficient (Wildman–Crippen LogP) is 1.92. The second kappa shape index (κ2) is 10.1. The van der Waals surface area contributed by atoms with Crippen LogP contribution in [0.15, 0.2) is 11.6 Å². The molecule has 4 rings (SSSR count). The minimum Gasteiger partial charge on any atom is -0.379 e. The summed E-state index contributed by atoms with van der Waals surface area (Å²) in [5.41, 5.74) is 0.290. The Labute approximate surface area is 225 Å². The summed E-state index contributed by atoms with van der Waals surface area (Å²) < 4.78 is 44.7. The number of aromatic nitrogens is 2. The number of alkyl halides is 3. The monoisotopic (exact) mass is 562 g/mol. The van der Waals surface area contributed by atoms with Crippen LogP contribution < -0.4 is 10.6 Å². The van der Waals surface area contributed by atoms with Gasteiger partial charge in [-0.2, -0.15) is 28.6 Å². The molecule has 10 nitrogen and oxygen atoms in total. The van der Waals surface area contributed by atoms with Crippen LogP contribution in [0.2, 0.25) is 0 Å². The number of likely N-dealkylation sites (tertiary alicyclic amines) is 1. The molecule has 1 saturated heterocycles. The minimum absolute atomic E-state index is 0.0851. The number of hydrogen-bond donors (Lipinski definition) is 2. The first-order chi connectivity index (χ1) is 18.3. The lowest BCUT2D eigenvalue weighted by Crippen LogP contribution is -2.60. The fourth-order valence-corrected chi connectivity index (χ4v) is 6.23. The van der Waals surface area contributed by atoms with E-state index < -0.39 is 48.1 Å². The lowest BCUT2D eigenvalue weighted by molar-refractivity contribution is -0.176. The van der Waals surface area contributed by atoms with Crippen molar-refractivity contribution in [1.29, 1.82) is 5.26 Å². The van der Waals surface area contributed by atoms with Gasteiger partial charge in [0.25, 0.3) is 0 Å². The van der Waals surface area contributed by atoms with Gasteiger partial charge in [-0.05, 0) is 24.2 Å². The number of methoxy groups -OCH3 is 1. The number of halogens is 3. The van der Waals surface area contributed by atoms with Gasteiger partial charge in [-0.25, -0.2) is 0 Å². The Balaban J connectivity index is 1.64. The lowest BCUT2D eigenvalue weighted by Gasteiger charge is -2.34. The van der Waals surface area contributed by atoms with Crippen molar-refractivity contribution in [2.75, 3.05) is 13.7 Å².